The lowest BCUT2D eigenvalue weighted by atomic mass is 9.91. The molecule has 2 aromatic rings. The average Bonchev–Trinajstić information content (AvgIpc) is 2.68. The summed E-state index contributed by atoms with van der Waals surface area (Å²) in [6.45, 7) is 0.429. The fourth-order valence-electron chi connectivity index (χ4n) is 3.25. The summed E-state index contributed by atoms with van der Waals surface area (Å²) in [5.41, 5.74) is 1.45. The third-order valence-electron chi connectivity index (χ3n) is 4.69. The molecule has 1 saturated heterocycles. The lowest BCUT2D eigenvalue weighted by molar-refractivity contribution is -0.244. The fraction of sp³-hybridized carbons (Fsp3) is 0.318. The van der Waals surface area contributed by atoms with Gasteiger partial charge in [-0.3, -0.25) is 4.79 Å². The van der Waals surface area contributed by atoms with Crippen LogP contribution >= 0.6 is 11.6 Å². The van der Waals surface area contributed by atoms with Crippen molar-refractivity contribution in [2.24, 2.45) is 5.92 Å². The van der Waals surface area contributed by atoms with E-state index in [9.17, 15) is 9.90 Å². The van der Waals surface area contributed by atoms with Crippen LogP contribution in [-0.2, 0) is 14.3 Å². The van der Waals surface area contributed by atoms with Crippen LogP contribution < -0.4 is 0 Å². The van der Waals surface area contributed by atoms with Gasteiger partial charge in [-0.25, -0.2) is 0 Å². The fourth-order valence-corrected chi connectivity index (χ4v) is 3.48. The molecule has 0 aromatic heterocycles. The Bertz CT molecular complexity index is 835. The molecular formula is C22H23ClO5. The van der Waals surface area contributed by atoms with Gasteiger partial charge in [0.05, 0.1) is 12.7 Å². The summed E-state index contributed by atoms with van der Waals surface area (Å²) in [7, 11) is 0. The van der Waals surface area contributed by atoms with Crippen LogP contribution in [0.3, 0.4) is 0 Å². The highest BCUT2D eigenvalue weighted by Crippen LogP contribution is 2.43. The summed E-state index contributed by atoms with van der Waals surface area (Å²) in [5.74, 6) is -0.663. The van der Waals surface area contributed by atoms with Gasteiger partial charge in [0.25, 0.3) is 0 Å². The molecule has 1 fully saturated rings. The first-order valence-corrected chi connectivity index (χ1v) is 9.60. The van der Waals surface area contributed by atoms with Crippen molar-refractivity contribution in [2.75, 3.05) is 6.61 Å². The summed E-state index contributed by atoms with van der Waals surface area (Å²) in [6, 6.07) is 14.5. The number of rotatable bonds is 7. The van der Waals surface area contributed by atoms with Gasteiger partial charge in [0, 0.05) is 28.5 Å². The van der Waals surface area contributed by atoms with Crippen molar-refractivity contribution in [2.45, 2.75) is 31.7 Å². The van der Waals surface area contributed by atoms with Gasteiger partial charge in [-0.1, -0.05) is 60.2 Å². The minimum absolute atomic E-state index is 0.0203. The van der Waals surface area contributed by atoms with Gasteiger partial charge in [-0.05, 0) is 25.0 Å². The summed E-state index contributed by atoms with van der Waals surface area (Å²) in [5, 5.41) is 19.6. The van der Waals surface area contributed by atoms with E-state index in [1.165, 1.54) is 0 Å². The molecule has 6 heteroatoms. The van der Waals surface area contributed by atoms with E-state index in [1.54, 1.807) is 18.2 Å². The molecule has 2 aromatic carbocycles. The number of hydrogen-bond donors (Lipinski definition) is 2. The monoisotopic (exact) mass is 402 g/mol. The van der Waals surface area contributed by atoms with Crippen molar-refractivity contribution >= 4 is 17.6 Å². The molecule has 3 rings (SSSR count). The molecule has 1 heterocycles. The molecule has 0 bridgehead atoms. The van der Waals surface area contributed by atoms with Gasteiger partial charge in [-0.15, -0.1) is 0 Å². The maximum atomic E-state index is 10.6. The predicted molar refractivity (Wildman–Crippen MR) is 106 cm³/mol. The number of carboxylic acid groups (broad SMARTS) is 1. The lowest BCUT2D eigenvalue weighted by Crippen LogP contribution is -2.30. The van der Waals surface area contributed by atoms with E-state index in [1.807, 2.05) is 42.5 Å². The van der Waals surface area contributed by atoms with Crippen LogP contribution in [0.2, 0.25) is 5.02 Å². The van der Waals surface area contributed by atoms with E-state index in [0.717, 1.165) is 5.56 Å². The summed E-state index contributed by atoms with van der Waals surface area (Å²) < 4.78 is 12.2. The molecule has 1 aliphatic heterocycles. The minimum Gasteiger partial charge on any atom is -0.508 e. The number of aromatic hydroxyl groups is 1. The van der Waals surface area contributed by atoms with E-state index in [0.29, 0.717) is 30.0 Å². The topological polar surface area (TPSA) is 76.0 Å². The van der Waals surface area contributed by atoms with E-state index >= 15 is 0 Å². The zero-order valence-electron chi connectivity index (χ0n) is 15.3. The Hall–Kier alpha value is -2.34. The van der Waals surface area contributed by atoms with Crippen LogP contribution in [0.15, 0.2) is 60.7 Å². The molecule has 28 heavy (non-hydrogen) atoms. The number of para-hydroxylation sites is 1. The van der Waals surface area contributed by atoms with Gasteiger partial charge in [-0.2, -0.15) is 0 Å². The molecule has 0 unspecified atom stereocenters. The van der Waals surface area contributed by atoms with Gasteiger partial charge in [0.15, 0.2) is 6.29 Å². The van der Waals surface area contributed by atoms with Gasteiger partial charge >= 0.3 is 5.97 Å². The van der Waals surface area contributed by atoms with E-state index in [2.05, 4.69) is 0 Å². The van der Waals surface area contributed by atoms with Crippen molar-refractivity contribution < 1.29 is 24.5 Å². The minimum atomic E-state index is -0.816. The van der Waals surface area contributed by atoms with Crippen LogP contribution in [0.5, 0.6) is 5.75 Å². The molecule has 0 aliphatic carbocycles. The van der Waals surface area contributed by atoms with E-state index in [-0.39, 0.29) is 24.2 Å². The smallest absolute Gasteiger partial charge is 0.303 e. The predicted octanol–water partition coefficient (Wildman–Crippen LogP) is 5.26. The Balaban J connectivity index is 1.77. The Morgan fingerprint density at radius 3 is 2.54 bits per heavy atom. The maximum absolute atomic E-state index is 10.6. The van der Waals surface area contributed by atoms with Crippen LogP contribution in [0, 0.1) is 5.92 Å². The number of halogens is 1. The molecule has 1 aliphatic rings. The number of carbonyl (C=O) groups is 1. The second-order valence-corrected chi connectivity index (χ2v) is 7.11. The van der Waals surface area contributed by atoms with Crippen LogP contribution in [0.4, 0.5) is 0 Å². The van der Waals surface area contributed by atoms with Gasteiger partial charge in [0.1, 0.15) is 5.75 Å². The number of carboxylic acids is 1. The zero-order chi connectivity index (χ0) is 19.9. The number of phenolic OH excluding ortho intramolecular Hbond substituents is 1. The summed E-state index contributed by atoms with van der Waals surface area (Å²) in [4.78, 5) is 10.6. The summed E-state index contributed by atoms with van der Waals surface area (Å²) in [6.07, 6.45) is 4.04. The first kappa shape index (κ1) is 20.4. The number of phenols is 1. The van der Waals surface area contributed by atoms with Crippen molar-refractivity contribution in [3.8, 4) is 5.75 Å². The highest BCUT2D eigenvalue weighted by molar-refractivity contribution is 6.31. The molecule has 0 saturated carbocycles. The van der Waals surface area contributed by atoms with Crippen LogP contribution in [0.25, 0.3) is 0 Å². The second kappa shape index (κ2) is 9.73. The van der Waals surface area contributed by atoms with E-state index < -0.39 is 12.3 Å². The molecule has 0 radical (unpaired) electrons. The number of allylic oxidation sites excluding steroid dienone is 2. The standard InChI is InChI=1S/C22H23ClO5/c23-18-11-6-4-9-16(18)22-27-14-15(8-2-1-3-13-20(25)26)21(28-22)17-10-5-7-12-19(17)24/h1-2,4-7,9-12,15,21-22,24H,3,8,13-14H2,(H,25,26)/b2-1+/t15-,21+,22+/m0/s1. The Labute approximate surface area is 169 Å². The Morgan fingerprint density at radius 2 is 1.82 bits per heavy atom. The van der Waals surface area contributed by atoms with Crippen LogP contribution in [0.1, 0.15) is 42.8 Å². The summed E-state index contributed by atoms with van der Waals surface area (Å²) >= 11 is 6.29. The maximum Gasteiger partial charge on any atom is 0.303 e. The van der Waals surface area contributed by atoms with Gasteiger partial charge in [0.2, 0.25) is 0 Å². The molecule has 3 atom stereocenters. The average molecular weight is 403 g/mol. The van der Waals surface area contributed by atoms with Crippen molar-refractivity contribution in [1.29, 1.82) is 0 Å². The Kier molecular flexibility index (Phi) is 7.09. The molecule has 5 nitrogen and oxygen atoms in total. The van der Waals surface area contributed by atoms with E-state index in [4.69, 9.17) is 26.2 Å². The van der Waals surface area contributed by atoms with Crippen molar-refractivity contribution in [3.63, 3.8) is 0 Å². The molecule has 148 valence electrons. The first-order valence-electron chi connectivity index (χ1n) is 9.22. The third-order valence-corrected chi connectivity index (χ3v) is 5.04. The lowest BCUT2D eigenvalue weighted by Gasteiger charge is -2.37. The molecule has 2 N–H and O–H groups in total. The SMILES string of the molecule is O=C(O)CC/C=C/C[C@H]1CO[C@@H](c2ccccc2Cl)O[C@H]1c1ccccc1O. The number of benzene rings is 2. The zero-order valence-corrected chi connectivity index (χ0v) is 16.1. The third kappa shape index (κ3) is 5.13. The molecule has 0 spiro atoms. The highest BCUT2D eigenvalue weighted by atomic mass is 35.5. The van der Waals surface area contributed by atoms with Crippen molar-refractivity contribution in [1.82, 2.24) is 0 Å². The largest absolute Gasteiger partial charge is 0.508 e. The molecular weight excluding hydrogens is 380 g/mol. The number of hydrogen-bond acceptors (Lipinski definition) is 4. The van der Waals surface area contributed by atoms with Crippen molar-refractivity contribution in [3.05, 3.63) is 76.8 Å². The first-order chi connectivity index (χ1) is 13.6. The Morgan fingerprint density at radius 1 is 1.11 bits per heavy atom. The quantitative estimate of drug-likeness (QED) is 0.618. The van der Waals surface area contributed by atoms with Crippen LogP contribution in [-0.4, -0.2) is 22.8 Å². The second-order valence-electron chi connectivity index (χ2n) is 6.70. The molecule has 0 amide bonds. The number of ether oxygens (including phenoxy) is 2. The highest BCUT2D eigenvalue weighted by Gasteiger charge is 2.35. The van der Waals surface area contributed by atoms with Gasteiger partial charge < -0.3 is 19.7 Å². The number of aliphatic carboxylic acids is 1. The normalized spacial score (nSPS) is 22.4.